The third-order valence-corrected chi connectivity index (χ3v) is 5.21. The highest BCUT2D eigenvalue weighted by Crippen LogP contribution is 2.38. The molecule has 0 bridgehead atoms. The summed E-state index contributed by atoms with van der Waals surface area (Å²) in [7, 11) is 0. The smallest absolute Gasteiger partial charge is 0.312 e. The lowest BCUT2D eigenvalue weighted by Crippen LogP contribution is -2.17. The van der Waals surface area contributed by atoms with Crippen molar-refractivity contribution in [3.05, 3.63) is 38.8 Å². The molecule has 21 heavy (non-hydrogen) atoms. The fraction of sp³-hybridized carbons (Fsp3) is 0.286. The van der Waals surface area contributed by atoms with Crippen LogP contribution >= 0.6 is 34.5 Å². The first-order chi connectivity index (χ1) is 10.0. The summed E-state index contributed by atoms with van der Waals surface area (Å²) >= 11 is 13.4. The Morgan fingerprint density at radius 2 is 2.19 bits per heavy atom. The quantitative estimate of drug-likeness (QED) is 0.848. The zero-order valence-corrected chi connectivity index (χ0v) is 13.2. The van der Waals surface area contributed by atoms with E-state index in [-0.39, 0.29) is 0 Å². The highest BCUT2D eigenvalue weighted by atomic mass is 35.5. The lowest BCUT2D eigenvalue weighted by atomic mass is 9.91. The molecule has 0 amide bonds. The second-order valence-corrected chi connectivity index (χ2v) is 6.76. The Kier molecular flexibility index (Phi) is 4.06. The number of carboxylic acid groups (broad SMARTS) is 1. The van der Waals surface area contributed by atoms with Crippen LogP contribution in [0.2, 0.25) is 10.0 Å². The van der Waals surface area contributed by atoms with Crippen LogP contribution in [0.1, 0.15) is 29.3 Å². The van der Waals surface area contributed by atoms with E-state index in [1.807, 2.05) is 6.07 Å². The molecule has 2 aromatic rings. The van der Waals surface area contributed by atoms with Gasteiger partial charge in [-0.3, -0.25) is 4.79 Å². The number of fused-ring (bicyclic) bond motifs is 1. The Morgan fingerprint density at radius 1 is 1.38 bits per heavy atom. The maximum atomic E-state index is 11.3. The summed E-state index contributed by atoms with van der Waals surface area (Å²) in [5.74, 6) is -1.29. The highest BCUT2D eigenvalue weighted by Gasteiger charge is 2.29. The summed E-state index contributed by atoms with van der Waals surface area (Å²) in [5, 5.41) is 14.1. The Labute approximate surface area is 135 Å². The third-order valence-electron chi connectivity index (χ3n) is 3.42. The minimum absolute atomic E-state index is 0.464. The number of aromatic nitrogens is 1. The normalized spacial score (nSPS) is 17.3. The zero-order valence-electron chi connectivity index (χ0n) is 10.9. The number of nitrogens with zero attached hydrogens (tertiary/aromatic N) is 1. The van der Waals surface area contributed by atoms with Crippen LogP contribution in [0.25, 0.3) is 0 Å². The van der Waals surface area contributed by atoms with E-state index < -0.39 is 11.9 Å². The number of rotatable bonds is 3. The molecule has 1 aliphatic carbocycles. The molecule has 3 rings (SSSR count). The highest BCUT2D eigenvalue weighted by molar-refractivity contribution is 7.15. The first-order valence-corrected chi connectivity index (χ1v) is 8.06. The van der Waals surface area contributed by atoms with E-state index in [1.54, 1.807) is 12.1 Å². The number of nitrogens with one attached hydrogen (secondary N) is 1. The number of benzene rings is 1. The van der Waals surface area contributed by atoms with Gasteiger partial charge in [0.1, 0.15) is 5.92 Å². The van der Waals surface area contributed by atoms with Crippen molar-refractivity contribution in [1.82, 2.24) is 4.98 Å². The van der Waals surface area contributed by atoms with Crippen LogP contribution in [0.15, 0.2) is 18.2 Å². The summed E-state index contributed by atoms with van der Waals surface area (Å²) < 4.78 is 0. The number of carbonyl (C=O) groups is 1. The molecule has 0 aliphatic heterocycles. The van der Waals surface area contributed by atoms with E-state index in [4.69, 9.17) is 23.2 Å². The monoisotopic (exact) mass is 342 g/mol. The van der Waals surface area contributed by atoms with E-state index >= 15 is 0 Å². The minimum atomic E-state index is -0.803. The second kappa shape index (κ2) is 5.83. The van der Waals surface area contributed by atoms with Gasteiger partial charge in [0.25, 0.3) is 0 Å². The third kappa shape index (κ3) is 3.00. The van der Waals surface area contributed by atoms with Crippen LogP contribution < -0.4 is 5.32 Å². The molecule has 0 spiro atoms. The zero-order chi connectivity index (χ0) is 15.0. The van der Waals surface area contributed by atoms with E-state index in [9.17, 15) is 9.90 Å². The Hall–Kier alpha value is -1.30. The molecule has 7 heteroatoms. The molecular formula is C14H12Cl2N2O2S. The summed E-state index contributed by atoms with van der Waals surface area (Å²) in [6.45, 7) is 0. The van der Waals surface area contributed by atoms with Crippen molar-refractivity contribution in [2.45, 2.75) is 25.2 Å². The van der Waals surface area contributed by atoms with E-state index in [1.165, 1.54) is 11.3 Å². The molecule has 1 heterocycles. The number of hydrogen-bond acceptors (Lipinski definition) is 4. The first-order valence-electron chi connectivity index (χ1n) is 6.49. The number of halogens is 2. The molecule has 1 aromatic carbocycles. The van der Waals surface area contributed by atoms with Crippen molar-refractivity contribution in [3.8, 4) is 0 Å². The van der Waals surface area contributed by atoms with Crippen LogP contribution in [0.3, 0.4) is 0 Å². The predicted octanol–water partition coefficient (Wildman–Crippen LogP) is 4.70. The van der Waals surface area contributed by atoms with Crippen molar-refractivity contribution in [1.29, 1.82) is 0 Å². The second-order valence-electron chi connectivity index (χ2n) is 4.86. The van der Waals surface area contributed by atoms with Crippen molar-refractivity contribution < 1.29 is 9.90 Å². The van der Waals surface area contributed by atoms with Gasteiger partial charge >= 0.3 is 5.97 Å². The number of thiazole rings is 1. The number of carboxylic acids is 1. The van der Waals surface area contributed by atoms with Gasteiger partial charge < -0.3 is 10.4 Å². The SMILES string of the molecule is O=C(O)C1CCCc2sc(Nc3ccc(Cl)c(Cl)c3)nc21. The number of aryl methyl sites for hydroxylation is 1. The standard InChI is InChI=1S/C14H12Cl2N2O2S/c15-9-5-4-7(6-10(9)16)17-14-18-12-8(13(19)20)2-1-3-11(12)21-14/h4-6,8H,1-3H2,(H,17,18)(H,19,20). The van der Waals surface area contributed by atoms with Crippen LogP contribution in [-0.4, -0.2) is 16.1 Å². The van der Waals surface area contributed by atoms with Crippen molar-refractivity contribution in [2.24, 2.45) is 0 Å². The summed E-state index contributed by atoms with van der Waals surface area (Å²) in [4.78, 5) is 16.8. The largest absolute Gasteiger partial charge is 0.481 e. The van der Waals surface area contributed by atoms with Gasteiger partial charge in [0.2, 0.25) is 0 Å². The van der Waals surface area contributed by atoms with Crippen molar-refractivity contribution in [3.63, 3.8) is 0 Å². The summed E-state index contributed by atoms with van der Waals surface area (Å²) in [5.41, 5.74) is 1.48. The van der Waals surface area contributed by atoms with Crippen LogP contribution in [-0.2, 0) is 11.2 Å². The molecule has 0 saturated heterocycles. The first kappa shape index (κ1) is 14.6. The lowest BCUT2D eigenvalue weighted by Gasteiger charge is -2.16. The van der Waals surface area contributed by atoms with Gasteiger partial charge in [0, 0.05) is 10.6 Å². The average Bonchev–Trinajstić information content (AvgIpc) is 2.84. The van der Waals surface area contributed by atoms with Gasteiger partial charge in [0.05, 0.1) is 15.7 Å². The Morgan fingerprint density at radius 3 is 2.90 bits per heavy atom. The van der Waals surface area contributed by atoms with Gasteiger partial charge in [0.15, 0.2) is 5.13 Å². The predicted molar refractivity (Wildman–Crippen MR) is 85.2 cm³/mol. The molecule has 110 valence electrons. The molecule has 4 nitrogen and oxygen atoms in total. The van der Waals surface area contributed by atoms with Gasteiger partial charge in [-0.1, -0.05) is 23.2 Å². The molecule has 1 unspecified atom stereocenters. The van der Waals surface area contributed by atoms with Gasteiger partial charge in [-0.15, -0.1) is 11.3 Å². The Bertz CT molecular complexity index is 702. The van der Waals surface area contributed by atoms with Crippen LogP contribution in [0.4, 0.5) is 10.8 Å². The molecule has 0 radical (unpaired) electrons. The van der Waals surface area contributed by atoms with E-state index in [2.05, 4.69) is 10.3 Å². The van der Waals surface area contributed by atoms with Gasteiger partial charge in [-0.2, -0.15) is 0 Å². The maximum Gasteiger partial charge on any atom is 0.312 e. The fourth-order valence-electron chi connectivity index (χ4n) is 2.41. The maximum absolute atomic E-state index is 11.3. The molecule has 1 atom stereocenters. The van der Waals surface area contributed by atoms with Gasteiger partial charge in [-0.05, 0) is 37.5 Å². The summed E-state index contributed by atoms with van der Waals surface area (Å²) in [6.07, 6.45) is 2.43. The summed E-state index contributed by atoms with van der Waals surface area (Å²) in [6, 6.07) is 5.24. The number of hydrogen-bond donors (Lipinski definition) is 2. The molecule has 1 aromatic heterocycles. The van der Waals surface area contributed by atoms with Crippen LogP contribution in [0, 0.1) is 0 Å². The topological polar surface area (TPSA) is 62.2 Å². The lowest BCUT2D eigenvalue weighted by molar-refractivity contribution is -0.139. The van der Waals surface area contributed by atoms with Crippen LogP contribution in [0.5, 0.6) is 0 Å². The molecule has 0 fully saturated rings. The van der Waals surface area contributed by atoms with Crippen molar-refractivity contribution in [2.75, 3.05) is 5.32 Å². The van der Waals surface area contributed by atoms with E-state index in [0.717, 1.165) is 23.4 Å². The minimum Gasteiger partial charge on any atom is -0.481 e. The number of anilines is 2. The average molecular weight is 343 g/mol. The number of aliphatic carboxylic acids is 1. The van der Waals surface area contributed by atoms with Gasteiger partial charge in [-0.25, -0.2) is 4.98 Å². The molecule has 1 aliphatic rings. The Balaban J connectivity index is 1.87. The molecule has 0 saturated carbocycles. The van der Waals surface area contributed by atoms with E-state index in [0.29, 0.717) is 27.3 Å². The molecular weight excluding hydrogens is 331 g/mol. The fourth-order valence-corrected chi connectivity index (χ4v) is 3.79. The van der Waals surface area contributed by atoms with Crippen molar-refractivity contribution >= 4 is 51.3 Å². The molecule has 2 N–H and O–H groups in total.